The molecule has 1 fully saturated rings. The molecule has 1 aliphatic rings. The summed E-state index contributed by atoms with van der Waals surface area (Å²) in [6, 6.07) is 0. The van der Waals surface area contributed by atoms with E-state index in [0.29, 0.717) is 0 Å². The van der Waals surface area contributed by atoms with Crippen molar-refractivity contribution in [3.8, 4) is 0 Å². The molecule has 0 aromatic carbocycles. The van der Waals surface area contributed by atoms with E-state index < -0.39 is 0 Å². The maximum atomic E-state index is 10.7. The molecule has 0 aliphatic carbocycles. The first kappa shape index (κ1) is 8.65. The Labute approximate surface area is 72.0 Å². The predicted octanol–water partition coefficient (Wildman–Crippen LogP) is 1.92. The lowest BCUT2D eigenvalue weighted by atomic mass is 10.2. The van der Waals surface area contributed by atoms with Crippen LogP contribution in [-0.2, 0) is 9.53 Å². The van der Waals surface area contributed by atoms with E-state index in [-0.39, 0.29) is 11.2 Å². The summed E-state index contributed by atoms with van der Waals surface area (Å²) in [4.78, 5) is 10.7. The summed E-state index contributed by atoms with van der Waals surface area (Å²) in [5.74, 6) is 0.944. The first-order valence-electron chi connectivity index (χ1n) is 3.82. The van der Waals surface area contributed by atoms with Crippen molar-refractivity contribution < 1.29 is 9.53 Å². The van der Waals surface area contributed by atoms with E-state index in [2.05, 4.69) is 12.6 Å². The molecule has 0 amide bonds. The van der Waals surface area contributed by atoms with E-state index in [4.69, 9.17) is 4.74 Å². The zero-order valence-corrected chi connectivity index (χ0v) is 7.43. The molecule has 1 saturated heterocycles. The van der Waals surface area contributed by atoms with Crippen molar-refractivity contribution in [3.63, 3.8) is 0 Å². The van der Waals surface area contributed by atoms with Gasteiger partial charge in [-0.1, -0.05) is 6.92 Å². The zero-order valence-electron chi connectivity index (χ0n) is 6.54. The highest BCUT2D eigenvalue weighted by atomic mass is 32.1. The van der Waals surface area contributed by atoms with E-state index in [9.17, 15) is 4.79 Å². The maximum Gasteiger partial charge on any atom is 0.226 e. The van der Waals surface area contributed by atoms with Gasteiger partial charge in [0.05, 0.1) is 5.76 Å². The lowest BCUT2D eigenvalue weighted by Crippen LogP contribution is -2.12. The van der Waals surface area contributed by atoms with Crippen LogP contribution < -0.4 is 0 Å². The molecular formula is C8H12O2S. The van der Waals surface area contributed by atoms with Crippen LogP contribution in [0.4, 0.5) is 0 Å². The van der Waals surface area contributed by atoms with Gasteiger partial charge in [-0.05, 0) is 18.9 Å². The second kappa shape index (κ2) is 3.81. The molecule has 0 spiro atoms. The topological polar surface area (TPSA) is 26.3 Å². The van der Waals surface area contributed by atoms with Crippen molar-refractivity contribution in [2.24, 2.45) is 0 Å². The Hall–Kier alpha value is -0.440. The molecule has 3 heteroatoms. The molecular weight excluding hydrogens is 160 g/mol. The molecule has 1 aliphatic heterocycles. The van der Waals surface area contributed by atoms with Crippen molar-refractivity contribution in [1.29, 1.82) is 0 Å². The Morgan fingerprint density at radius 3 is 3.09 bits per heavy atom. The van der Waals surface area contributed by atoms with Gasteiger partial charge in [-0.25, -0.2) is 0 Å². The highest BCUT2D eigenvalue weighted by Crippen LogP contribution is 2.24. The average molecular weight is 172 g/mol. The molecule has 0 saturated carbocycles. The van der Waals surface area contributed by atoms with Gasteiger partial charge in [0.2, 0.25) is 5.12 Å². The average Bonchev–Trinajstić information content (AvgIpc) is 2.37. The fourth-order valence-electron chi connectivity index (χ4n) is 1.13. The fraction of sp³-hybridized carbons (Fsp3) is 0.625. The van der Waals surface area contributed by atoms with Gasteiger partial charge in [-0.3, -0.25) is 4.79 Å². The Morgan fingerprint density at radius 2 is 2.64 bits per heavy atom. The van der Waals surface area contributed by atoms with Crippen LogP contribution in [0.2, 0.25) is 0 Å². The summed E-state index contributed by atoms with van der Waals surface area (Å²) in [5, 5.41) is -0.162. The van der Waals surface area contributed by atoms with E-state index in [1.165, 1.54) is 0 Å². The largest absolute Gasteiger partial charge is 0.486 e. The third-order valence-electron chi connectivity index (χ3n) is 1.65. The standard InChI is InChI=1S/C8H12O2S/c1-2-3-6-4-5-7(10-6)8(9)11/h3,7H,2,4-5H2,1H3,(H,9,11)/b6-3+. The summed E-state index contributed by atoms with van der Waals surface area (Å²) >= 11 is 3.71. The van der Waals surface area contributed by atoms with Gasteiger partial charge in [-0.2, -0.15) is 0 Å². The highest BCUT2D eigenvalue weighted by Gasteiger charge is 2.24. The molecule has 0 radical (unpaired) electrons. The first-order chi connectivity index (χ1) is 5.24. The van der Waals surface area contributed by atoms with Crippen LogP contribution in [0.15, 0.2) is 11.8 Å². The Morgan fingerprint density at radius 1 is 1.91 bits per heavy atom. The fourth-order valence-corrected chi connectivity index (χ4v) is 1.31. The minimum absolute atomic E-state index is 0.162. The van der Waals surface area contributed by atoms with E-state index in [0.717, 1.165) is 25.0 Å². The van der Waals surface area contributed by atoms with Gasteiger partial charge in [0.25, 0.3) is 0 Å². The third kappa shape index (κ3) is 2.26. The predicted molar refractivity (Wildman–Crippen MR) is 46.5 cm³/mol. The molecule has 0 bridgehead atoms. The van der Waals surface area contributed by atoms with Gasteiger partial charge in [0.1, 0.15) is 0 Å². The molecule has 0 N–H and O–H groups in total. The van der Waals surface area contributed by atoms with Crippen LogP contribution in [0.3, 0.4) is 0 Å². The van der Waals surface area contributed by atoms with Crippen LogP contribution in [0, 0.1) is 0 Å². The quantitative estimate of drug-likeness (QED) is 0.644. The van der Waals surface area contributed by atoms with Crippen molar-refractivity contribution in [1.82, 2.24) is 0 Å². The summed E-state index contributed by atoms with van der Waals surface area (Å²) in [6.45, 7) is 2.05. The molecule has 1 heterocycles. The van der Waals surface area contributed by atoms with Gasteiger partial charge in [0, 0.05) is 6.42 Å². The summed E-state index contributed by atoms with van der Waals surface area (Å²) < 4.78 is 5.30. The molecule has 62 valence electrons. The SMILES string of the molecule is CC/C=C1\CCC(C(=O)S)O1. The minimum atomic E-state index is -0.295. The third-order valence-corrected chi connectivity index (χ3v) is 1.94. The first-order valence-corrected chi connectivity index (χ1v) is 4.27. The number of allylic oxidation sites excluding steroid dienone is 2. The minimum Gasteiger partial charge on any atom is -0.486 e. The molecule has 0 aromatic heterocycles. The molecule has 0 aromatic rings. The number of rotatable bonds is 2. The number of thiol groups is 1. The molecule has 1 unspecified atom stereocenters. The van der Waals surface area contributed by atoms with Crippen LogP contribution in [0.1, 0.15) is 26.2 Å². The van der Waals surface area contributed by atoms with Gasteiger partial charge in [0.15, 0.2) is 6.10 Å². The van der Waals surface area contributed by atoms with Gasteiger partial charge >= 0.3 is 0 Å². The van der Waals surface area contributed by atoms with Crippen LogP contribution in [0.25, 0.3) is 0 Å². The number of carbonyl (C=O) groups excluding carboxylic acids is 1. The van der Waals surface area contributed by atoms with Crippen molar-refractivity contribution >= 4 is 17.7 Å². The van der Waals surface area contributed by atoms with Crippen LogP contribution in [-0.4, -0.2) is 11.2 Å². The number of ether oxygens (including phenoxy) is 1. The summed E-state index contributed by atoms with van der Waals surface area (Å²) in [5.41, 5.74) is 0. The molecule has 1 atom stereocenters. The molecule has 2 nitrogen and oxygen atoms in total. The molecule has 11 heavy (non-hydrogen) atoms. The highest BCUT2D eigenvalue weighted by molar-refractivity contribution is 7.96. The van der Waals surface area contributed by atoms with Crippen molar-refractivity contribution in [2.75, 3.05) is 0 Å². The number of carbonyl (C=O) groups is 1. The van der Waals surface area contributed by atoms with Gasteiger partial charge < -0.3 is 4.74 Å². The smallest absolute Gasteiger partial charge is 0.226 e. The monoisotopic (exact) mass is 172 g/mol. The Kier molecular flexibility index (Phi) is 3.00. The Balaban J connectivity index is 2.47. The number of hydrogen-bond acceptors (Lipinski definition) is 2. The van der Waals surface area contributed by atoms with Crippen LogP contribution in [0.5, 0.6) is 0 Å². The van der Waals surface area contributed by atoms with E-state index in [1.54, 1.807) is 0 Å². The lowest BCUT2D eigenvalue weighted by molar-refractivity contribution is -0.117. The summed E-state index contributed by atoms with van der Waals surface area (Å²) in [6.07, 6.45) is 4.34. The Bertz CT molecular complexity index is 187. The summed E-state index contributed by atoms with van der Waals surface area (Å²) in [7, 11) is 0. The molecule has 1 rings (SSSR count). The maximum absolute atomic E-state index is 10.7. The second-order valence-electron chi connectivity index (χ2n) is 2.56. The lowest BCUT2D eigenvalue weighted by Gasteiger charge is -2.04. The zero-order chi connectivity index (χ0) is 8.27. The van der Waals surface area contributed by atoms with E-state index >= 15 is 0 Å². The van der Waals surface area contributed by atoms with E-state index in [1.807, 2.05) is 13.0 Å². The number of hydrogen-bond donors (Lipinski definition) is 1. The van der Waals surface area contributed by atoms with Crippen molar-refractivity contribution in [3.05, 3.63) is 11.8 Å². The van der Waals surface area contributed by atoms with Crippen LogP contribution >= 0.6 is 12.6 Å². The normalized spacial score (nSPS) is 27.1. The van der Waals surface area contributed by atoms with Crippen molar-refractivity contribution in [2.45, 2.75) is 32.3 Å². The van der Waals surface area contributed by atoms with Gasteiger partial charge in [-0.15, -0.1) is 12.6 Å². The second-order valence-corrected chi connectivity index (χ2v) is 3.00.